The van der Waals surface area contributed by atoms with E-state index in [1.165, 1.54) is 5.57 Å². The number of allylic oxidation sites excluding steroid dienone is 4. The Hall–Kier alpha value is -3.18. The molecule has 5 nitrogen and oxygen atoms in total. The first kappa shape index (κ1) is 22.5. The summed E-state index contributed by atoms with van der Waals surface area (Å²) in [6, 6.07) is 5.95. The van der Waals surface area contributed by atoms with Gasteiger partial charge < -0.3 is 9.67 Å². The van der Waals surface area contributed by atoms with E-state index in [4.69, 9.17) is 5.10 Å². The van der Waals surface area contributed by atoms with Gasteiger partial charge in [-0.2, -0.15) is 5.10 Å². The van der Waals surface area contributed by atoms with Crippen molar-refractivity contribution in [3.63, 3.8) is 0 Å². The fourth-order valence-corrected chi connectivity index (χ4v) is 3.74. The quantitative estimate of drug-likeness (QED) is 0.532. The SMILES string of the molecule is C=C/C=C\C=C(\C)CN(C)/N=c1\c(C(C)O)cn(Cc2ccccn2)c2c1=CCCC=2. The van der Waals surface area contributed by atoms with Crippen LogP contribution >= 0.6 is 0 Å². The maximum absolute atomic E-state index is 10.6. The number of aliphatic hydroxyl groups excluding tert-OH is 1. The lowest BCUT2D eigenvalue weighted by atomic mass is 10.1. The summed E-state index contributed by atoms with van der Waals surface area (Å²) in [5.41, 5.74) is 3.00. The van der Waals surface area contributed by atoms with Crippen molar-refractivity contribution in [3.05, 3.63) is 94.2 Å². The number of nitrogens with zero attached hydrogens (tertiary/aromatic N) is 4. The molecule has 1 N–H and O–H groups in total. The van der Waals surface area contributed by atoms with Crippen molar-refractivity contribution in [1.29, 1.82) is 0 Å². The zero-order valence-electron chi connectivity index (χ0n) is 18.7. The van der Waals surface area contributed by atoms with Crippen LogP contribution in [0.1, 0.15) is 44.1 Å². The molecule has 3 rings (SSSR count). The van der Waals surface area contributed by atoms with Crippen molar-refractivity contribution in [1.82, 2.24) is 14.6 Å². The van der Waals surface area contributed by atoms with E-state index in [2.05, 4.69) is 41.3 Å². The van der Waals surface area contributed by atoms with Gasteiger partial charge in [0.1, 0.15) is 0 Å². The van der Waals surface area contributed by atoms with Gasteiger partial charge in [-0.3, -0.25) is 9.99 Å². The summed E-state index contributed by atoms with van der Waals surface area (Å²) in [4.78, 5) is 4.47. The Morgan fingerprint density at radius 1 is 1.32 bits per heavy atom. The van der Waals surface area contributed by atoms with Crippen LogP contribution in [0.4, 0.5) is 0 Å². The lowest BCUT2D eigenvalue weighted by molar-refractivity contribution is 0.195. The molecule has 2 aromatic rings. The molecule has 5 heteroatoms. The number of likely N-dealkylation sites (N-methyl/N-ethyl adjacent to an activating group) is 1. The average Bonchev–Trinajstić information content (AvgIpc) is 2.76. The number of hydrogen-bond acceptors (Lipinski definition) is 4. The summed E-state index contributed by atoms with van der Waals surface area (Å²) in [6.07, 6.45) is 17.4. The molecule has 1 unspecified atom stereocenters. The van der Waals surface area contributed by atoms with E-state index in [0.717, 1.165) is 40.0 Å². The molecule has 0 radical (unpaired) electrons. The van der Waals surface area contributed by atoms with Gasteiger partial charge in [0.25, 0.3) is 0 Å². The first-order chi connectivity index (χ1) is 15.0. The maximum Gasteiger partial charge on any atom is 0.0994 e. The van der Waals surface area contributed by atoms with Crippen molar-refractivity contribution in [2.45, 2.75) is 39.3 Å². The minimum atomic E-state index is -0.630. The average molecular weight is 417 g/mol. The van der Waals surface area contributed by atoms with Gasteiger partial charge in [-0.25, -0.2) is 0 Å². The number of hydrogen-bond donors (Lipinski definition) is 1. The van der Waals surface area contributed by atoms with Crippen LogP contribution in [0.15, 0.2) is 72.2 Å². The topological polar surface area (TPSA) is 53.6 Å². The van der Waals surface area contributed by atoms with Gasteiger partial charge in [-0.05, 0) is 38.8 Å². The lowest BCUT2D eigenvalue weighted by Crippen LogP contribution is -2.49. The predicted octanol–water partition coefficient (Wildman–Crippen LogP) is 2.78. The zero-order chi connectivity index (χ0) is 22.2. The molecule has 0 aromatic carbocycles. The molecule has 0 amide bonds. The van der Waals surface area contributed by atoms with E-state index in [9.17, 15) is 5.11 Å². The van der Waals surface area contributed by atoms with Gasteiger partial charge in [-0.15, -0.1) is 0 Å². The smallest absolute Gasteiger partial charge is 0.0994 e. The van der Waals surface area contributed by atoms with Crippen molar-refractivity contribution in [3.8, 4) is 0 Å². The third-order valence-electron chi connectivity index (χ3n) is 5.15. The number of rotatable bonds is 8. The van der Waals surface area contributed by atoms with Crippen molar-refractivity contribution < 1.29 is 5.11 Å². The van der Waals surface area contributed by atoms with E-state index in [0.29, 0.717) is 13.1 Å². The third-order valence-corrected chi connectivity index (χ3v) is 5.15. The van der Waals surface area contributed by atoms with Gasteiger partial charge >= 0.3 is 0 Å². The molecule has 1 aliphatic carbocycles. The van der Waals surface area contributed by atoms with E-state index >= 15 is 0 Å². The van der Waals surface area contributed by atoms with Crippen LogP contribution in [0.3, 0.4) is 0 Å². The molecule has 0 saturated carbocycles. The largest absolute Gasteiger partial charge is 0.389 e. The highest BCUT2D eigenvalue weighted by atomic mass is 16.3. The normalized spacial score (nSPS) is 15.2. The number of pyridine rings is 2. The summed E-state index contributed by atoms with van der Waals surface area (Å²) in [5, 5.41) is 20.5. The molecule has 0 bridgehead atoms. The molecular formula is C26H32N4O. The standard InChI is InChI=1S/C26H32N4O/c1-5-6-7-12-20(2)17-29(4)28-26-23-14-8-9-15-25(23)30(19-24(26)21(3)31)18-22-13-10-11-16-27-22/h5-7,10-16,19,21,31H,1,8-9,17-18H2,2-4H3/b7-6-,20-12-,28-26-. The van der Waals surface area contributed by atoms with Crippen molar-refractivity contribution >= 4 is 12.2 Å². The van der Waals surface area contributed by atoms with Crippen LogP contribution in [-0.2, 0) is 6.54 Å². The molecule has 31 heavy (non-hydrogen) atoms. The van der Waals surface area contributed by atoms with Gasteiger partial charge in [-0.1, -0.05) is 54.7 Å². The molecule has 162 valence electrons. The Balaban J connectivity index is 2.09. The van der Waals surface area contributed by atoms with Crippen LogP contribution < -0.4 is 15.9 Å². The van der Waals surface area contributed by atoms with Gasteiger partial charge in [0.2, 0.25) is 0 Å². The summed E-state index contributed by atoms with van der Waals surface area (Å²) in [6.45, 7) is 8.92. The van der Waals surface area contributed by atoms with Crippen LogP contribution in [0.5, 0.6) is 0 Å². The van der Waals surface area contributed by atoms with Crippen LogP contribution in [-0.4, -0.2) is 33.3 Å². The minimum Gasteiger partial charge on any atom is -0.389 e. The summed E-state index contributed by atoms with van der Waals surface area (Å²) >= 11 is 0. The van der Waals surface area contributed by atoms with E-state index in [1.807, 2.05) is 54.8 Å². The molecule has 0 spiro atoms. The second kappa shape index (κ2) is 10.7. The molecule has 0 aliphatic heterocycles. The van der Waals surface area contributed by atoms with Gasteiger partial charge in [0.05, 0.1) is 30.2 Å². The van der Waals surface area contributed by atoms with Crippen LogP contribution in [0.2, 0.25) is 0 Å². The van der Waals surface area contributed by atoms with E-state index in [1.54, 1.807) is 13.0 Å². The molecule has 1 aliphatic rings. The minimum absolute atomic E-state index is 0.630. The fourth-order valence-electron chi connectivity index (χ4n) is 3.74. The number of fused-ring (bicyclic) bond motifs is 1. The summed E-state index contributed by atoms with van der Waals surface area (Å²) < 4.78 is 2.18. The zero-order valence-corrected chi connectivity index (χ0v) is 18.7. The second-order valence-electron chi connectivity index (χ2n) is 7.89. The first-order valence-electron chi connectivity index (χ1n) is 10.7. The Labute approximate surface area is 184 Å². The molecule has 2 aromatic heterocycles. The monoisotopic (exact) mass is 416 g/mol. The highest BCUT2D eigenvalue weighted by Crippen LogP contribution is 2.07. The van der Waals surface area contributed by atoms with Crippen molar-refractivity contribution in [2.75, 3.05) is 13.6 Å². The molecule has 2 heterocycles. The second-order valence-corrected chi connectivity index (χ2v) is 7.89. The molecular weight excluding hydrogens is 384 g/mol. The maximum atomic E-state index is 10.6. The highest BCUT2D eigenvalue weighted by Gasteiger charge is 2.12. The first-order valence-corrected chi connectivity index (χ1v) is 10.7. The molecule has 1 atom stereocenters. The predicted molar refractivity (Wildman–Crippen MR) is 127 cm³/mol. The molecule has 0 fully saturated rings. The van der Waals surface area contributed by atoms with E-state index in [-0.39, 0.29) is 0 Å². The number of aromatic nitrogens is 2. The number of aliphatic hydroxyl groups is 1. The van der Waals surface area contributed by atoms with E-state index < -0.39 is 6.10 Å². The van der Waals surface area contributed by atoms with Crippen LogP contribution in [0.25, 0.3) is 12.2 Å². The Bertz CT molecular complexity index is 1150. The van der Waals surface area contributed by atoms with Gasteiger partial charge in [0, 0.05) is 35.6 Å². The highest BCUT2D eigenvalue weighted by molar-refractivity contribution is 5.37. The summed E-state index contributed by atoms with van der Waals surface area (Å²) in [5.74, 6) is 0. The summed E-state index contributed by atoms with van der Waals surface area (Å²) in [7, 11) is 1.97. The van der Waals surface area contributed by atoms with Crippen LogP contribution in [0, 0.1) is 0 Å². The lowest BCUT2D eigenvalue weighted by Gasteiger charge is -2.18. The fraction of sp³-hybridized carbons (Fsp3) is 0.308. The Kier molecular flexibility index (Phi) is 7.79. The van der Waals surface area contributed by atoms with Crippen molar-refractivity contribution in [2.24, 2.45) is 5.10 Å². The third kappa shape index (κ3) is 5.92. The Morgan fingerprint density at radius 2 is 2.13 bits per heavy atom. The molecule has 0 saturated heterocycles. The van der Waals surface area contributed by atoms with Gasteiger partial charge in [0.15, 0.2) is 0 Å². The Morgan fingerprint density at radius 3 is 2.84 bits per heavy atom.